The van der Waals surface area contributed by atoms with E-state index in [4.69, 9.17) is 16.3 Å². The van der Waals surface area contributed by atoms with E-state index in [-0.39, 0.29) is 19.0 Å². The number of amides is 1. The summed E-state index contributed by atoms with van der Waals surface area (Å²) in [6.45, 7) is 4.57. The minimum absolute atomic E-state index is 0.105. The first-order valence-corrected chi connectivity index (χ1v) is 11.4. The predicted molar refractivity (Wildman–Crippen MR) is 122 cm³/mol. The molecule has 0 spiro atoms. The van der Waals surface area contributed by atoms with Gasteiger partial charge in [-0.05, 0) is 48.9 Å². The molecule has 10 heteroatoms. The van der Waals surface area contributed by atoms with Crippen LogP contribution in [0.5, 0.6) is 0 Å². The van der Waals surface area contributed by atoms with Gasteiger partial charge in [0.25, 0.3) is 5.91 Å². The van der Waals surface area contributed by atoms with E-state index >= 15 is 0 Å². The standard InChI is InChI=1S/C24H25ClF3N3O3/c1-16-3-2-4-19(13-16)29-9-11-30(12-10-29)20-14-31(15-21(20)34-23(33)24(26,27)28)22(32)17-5-7-18(25)8-6-17/h2-8,13,20-21H,9-12,14-15H2,1H3/t20-,21-/m0/s1. The van der Waals surface area contributed by atoms with Crippen LogP contribution in [0.15, 0.2) is 48.5 Å². The van der Waals surface area contributed by atoms with Gasteiger partial charge in [0.1, 0.15) is 6.10 Å². The van der Waals surface area contributed by atoms with Crippen LogP contribution < -0.4 is 4.90 Å². The summed E-state index contributed by atoms with van der Waals surface area (Å²) >= 11 is 5.89. The van der Waals surface area contributed by atoms with Crippen LogP contribution >= 0.6 is 11.6 Å². The number of anilines is 1. The highest BCUT2D eigenvalue weighted by molar-refractivity contribution is 6.30. The maximum absolute atomic E-state index is 13.0. The van der Waals surface area contributed by atoms with Crippen LogP contribution in [-0.2, 0) is 9.53 Å². The summed E-state index contributed by atoms with van der Waals surface area (Å²) in [6, 6.07) is 13.9. The molecular weight excluding hydrogens is 471 g/mol. The van der Waals surface area contributed by atoms with Gasteiger partial charge in [-0.2, -0.15) is 13.2 Å². The van der Waals surface area contributed by atoms with E-state index < -0.39 is 24.3 Å². The number of esters is 1. The lowest BCUT2D eigenvalue weighted by Crippen LogP contribution is -2.54. The monoisotopic (exact) mass is 495 g/mol. The Kier molecular flexibility index (Phi) is 7.04. The van der Waals surface area contributed by atoms with Crippen molar-refractivity contribution in [3.8, 4) is 0 Å². The number of likely N-dealkylation sites (tertiary alicyclic amines) is 1. The van der Waals surface area contributed by atoms with Crippen molar-refractivity contribution in [3.05, 3.63) is 64.7 Å². The maximum Gasteiger partial charge on any atom is 0.490 e. The summed E-state index contributed by atoms with van der Waals surface area (Å²) in [6.07, 6.45) is -6.17. The summed E-state index contributed by atoms with van der Waals surface area (Å²) in [4.78, 5) is 30.3. The highest BCUT2D eigenvalue weighted by Gasteiger charge is 2.47. The Bertz CT molecular complexity index is 1040. The molecule has 0 bridgehead atoms. The Hall–Kier alpha value is -2.78. The third-order valence-corrected chi connectivity index (χ3v) is 6.51. The van der Waals surface area contributed by atoms with Crippen LogP contribution in [0.2, 0.25) is 5.02 Å². The maximum atomic E-state index is 13.0. The number of nitrogens with zero attached hydrogens (tertiary/aromatic N) is 3. The third kappa shape index (κ3) is 5.47. The van der Waals surface area contributed by atoms with E-state index in [0.29, 0.717) is 36.8 Å². The van der Waals surface area contributed by atoms with Gasteiger partial charge in [-0.25, -0.2) is 4.79 Å². The van der Waals surface area contributed by atoms with Gasteiger partial charge in [0, 0.05) is 49.0 Å². The van der Waals surface area contributed by atoms with Crippen molar-refractivity contribution in [1.29, 1.82) is 0 Å². The van der Waals surface area contributed by atoms with E-state index in [9.17, 15) is 22.8 Å². The fraction of sp³-hybridized carbons (Fsp3) is 0.417. The number of hydrogen-bond donors (Lipinski definition) is 0. The van der Waals surface area contributed by atoms with Crippen LogP contribution in [0.1, 0.15) is 15.9 Å². The number of aryl methyl sites for hydroxylation is 1. The first-order valence-electron chi connectivity index (χ1n) is 11.0. The molecule has 6 nitrogen and oxygen atoms in total. The Labute approximate surface area is 200 Å². The third-order valence-electron chi connectivity index (χ3n) is 6.26. The first-order chi connectivity index (χ1) is 16.1. The summed E-state index contributed by atoms with van der Waals surface area (Å²) in [7, 11) is 0. The van der Waals surface area contributed by atoms with E-state index in [1.54, 1.807) is 24.3 Å². The van der Waals surface area contributed by atoms with Crippen LogP contribution in [0.25, 0.3) is 0 Å². The fourth-order valence-corrected chi connectivity index (χ4v) is 4.63. The second-order valence-corrected chi connectivity index (χ2v) is 9.02. The van der Waals surface area contributed by atoms with Crippen LogP contribution in [0.3, 0.4) is 0 Å². The number of hydrogen-bond acceptors (Lipinski definition) is 5. The number of piperazine rings is 1. The molecule has 0 aromatic heterocycles. The van der Waals surface area contributed by atoms with Crippen LogP contribution in [0.4, 0.5) is 18.9 Å². The van der Waals surface area contributed by atoms with Gasteiger partial charge < -0.3 is 14.5 Å². The van der Waals surface area contributed by atoms with Gasteiger partial charge in [-0.15, -0.1) is 0 Å². The second-order valence-electron chi connectivity index (χ2n) is 8.59. The average molecular weight is 496 g/mol. The van der Waals surface area contributed by atoms with E-state index in [1.165, 1.54) is 4.90 Å². The molecule has 0 unspecified atom stereocenters. The second kappa shape index (κ2) is 9.84. The Balaban J connectivity index is 1.48. The molecule has 0 aliphatic carbocycles. The van der Waals surface area contributed by atoms with Crippen molar-refractivity contribution < 1.29 is 27.5 Å². The predicted octanol–water partition coefficient (Wildman–Crippen LogP) is 3.77. The minimum Gasteiger partial charge on any atom is -0.452 e. The number of carbonyl (C=O) groups excluding carboxylic acids is 2. The number of carbonyl (C=O) groups is 2. The van der Waals surface area contributed by atoms with Gasteiger partial charge in [0.05, 0.1) is 12.6 Å². The average Bonchev–Trinajstić information content (AvgIpc) is 3.22. The summed E-state index contributed by atoms with van der Waals surface area (Å²) in [5, 5.41) is 0.472. The molecule has 2 aromatic carbocycles. The van der Waals surface area contributed by atoms with Crippen molar-refractivity contribution in [2.24, 2.45) is 0 Å². The van der Waals surface area contributed by atoms with Crippen molar-refractivity contribution in [1.82, 2.24) is 9.80 Å². The Morgan fingerprint density at radius 3 is 2.29 bits per heavy atom. The smallest absolute Gasteiger partial charge is 0.452 e. The van der Waals surface area contributed by atoms with Crippen molar-refractivity contribution in [3.63, 3.8) is 0 Å². The molecule has 2 fully saturated rings. The Morgan fingerprint density at radius 1 is 1.00 bits per heavy atom. The quantitative estimate of drug-likeness (QED) is 0.604. The van der Waals surface area contributed by atoms with Gasteiger partial charge in [0.2, 0.25) is 0 Å². The number of ether oxygens (including phenoxy) is 1. The lowest BCUT2D eigenvalue weighted by molar-refractivity contribution is -0.206. The van der Waals surface area contributed by atoms with E-state index in [0.717, 1.165) is 11.3 Å². The van der Waals surface area contributed by atoms with Gasteiger partial charge >= 0.3 is 12.1 Å². The van der Waals surface area contributed by atoms with Crippen LogP contribution in [-0.4, -0.2) is 79.3 Å². The molecule has 2 aliphatic rings. The highest BCUT2D eigenvalue weighted by Crippen LogP contribution is 2.27. The fourth-order valence-electron chi connectivity index (χ4n) is 4.50. The molecular formula is C24H25ClF3N3O3. The molecule has 34 heavy (non-hydrogen) atoms. The summed E-state index contributed by atoms with van der Waals surface area (Å²) in [5.74, 6) is -2.58. The topological polar surface area (TPSA) is 53.1 Å². The molecule has 2 heterocycles. The van der Waals surface area contributed by atoms with Crippen molar-refractivity contribution in [2.75, 3.05) is 44.2 Å². The molecule has 2 aromatic rings. The summed E-state index contributed by atoms with van der Waals surface area (Å²) < 4.78 is 43.6. The van der Waals surface area contributed by atoms with Crippen LogP contribution in [0, 0.1) is 6.92 Å². The minimum atomic E-state index is -5.10. The Morgan fingerprint density at radius 2 is 1.68 bits per heavy atom. The number of halogens is 4. The molecule has 2 atom stereocenters. The lowest BCUT2D eigenvalue weighted by Gasteiger charge is -2.40. The van der Waals surface area contributed by atoms with Gasteiger partial charge in [-0.3, -0.25) is 9.69 Å². The molecule has 2 saturated heterocycles. The molecule has 1 amide bonds. The normalized spacial score (nSPS) is 21.6. The zero-order valence-corrected chi connectivity index (χ0v) is 19.4. The zero-order chi connectivity index (χ0) is 24.5. The summed E-state index contributed by atoms with van der Waals surface area (Å²) in [5.41, 5.74) is 2.60. The molecule has 2 aliphatic heterocycles. The molecule has 0 radical (unpaired) electrons. The lowest BCUT2D eigenvalue weighted by atomic mass is 10.1. The molecule has 4 rings (SSSR count). The highest BCUT2D eigenvalue weighted by atomic mass is 35.5. The first kappa shape index (κ1) is 24.3. The van der Waals surface area contributed by atoms with E-state index in [1.807, 2.05) is 30.0 Å². The largest absolute Gasteiger partial charge is 0.490 e. The van der Waals surface area contributed by atoms with Gasteiger partial charge in [0.15, 0.2) is 0 Å². The van der Waals surface area contributed by atoms with Crippen molar-refractivity contribution >= 4 is 29.2 Å². The number of alkyl halides is 3. The molecule has 0 N–H and O–H groups in total. The number of rotatable bonds is 4. The van der Waals surface area contributed by atoms with E-state index in [2.05, 4.69) is 11.0 Å². The SMILES string of the molecule is Cc1cccc(N2CCN([C@H]3CN(C(=O)c4ccc(Cl)cc4)C[C@@H]3OC(=O)C(F)(F)F)CC2)c1. The molecule has 0 saturated carbocycles. The zero-order valence-electron chi connectivity index (χ0n) is 18.6. The van der Waals surface area contributed by atoms with Crippen molar-refractivity contribution in [2.45, 2.75) is 25.2 Å². The number of benzene rings is 2. The molecule has 182 valence electrons. The van der Waals surface area contributed by atoms with Gasteiger partial charge in [-0.1, -0.05) is 23.7 Å².